The molecule has 1 heterocycles. The minimum Gasteiger partial charge on any atom is -0.463 e. The van der Waals surface area contributed by atoms with E-state index in [1.807, 2.05) is 51.1 Å². The van der Waals surface area contributed by atoms with E-state index in [0.29, 0.717) is 13.1 Å². The van der Waals surface area contributed by atoms with E-state index in [9.17, 15) is 9.59 Å². The first-order valence-corrected chi connectivity index (χ1v) is 7.48. The molecule has 1 aromatic carbocycles. The molecule has 0 aromatic heterocycles. The van der Waals surface area contributed by atoms with Crippen molar-refractivity contribution < 1.29 is 14.3 Å². The summed E-state index contributed by atoms with van der Waals surface area (Å²) in [7, 11) is 0. The molecule has 0 saturated carbocycles. The van der Waals surface area contributed by atoms with Crippen LogP contribution in [0.25, 0.3) is 0 Å². The molecule has 2 atom stereocenters. The number of esters is 1. The van der Waals surface area contributed by atoms with Crippen LogP contribution in [0.5, 0.6) is 0 Å². The molecule has 1 aromatic rings. The Morgan fingerprint density at radius 2 is 2.00 bits per heavy atom. The minimum atomic E-state index is -0.355. The Bertz CT molecular complexity index is 498. The molecule has 0 aliphatic carbocycles. The Kier molecular flexibility index (Phi) is 5.12. The van der Waals surface area contributed by atoms with E-state index in [-0.39, 0.29) is 36.2 Å². The lowest BCUT2D eigenvalue weighted by molar-refractivity contribution is -0.150. The van der Waals surface area contributed by atoms with Gasteiger partial charge in [0, 0.05) is 19.0 Å². The van der Waals surface area contributed by atoms with Crippen molar-refractivity contribution in [1.82, 2.24) is 4.90 Å². The summed E-state index contributed by atoms with van der Waals surface area (Å²) in [5.74, 6) is -0.173. The maximum absolute atomic E-state index is 12.3. The van der Waals surface area contributed by atoms with Crippen LogP contribution in [0.1, 0.15) is 32.8 Å². The molecule has 0 spiro atoms. The van der Waals surface area contributed by atoms with Crippen LogP contribution < -0.4 is 0 Å². The number of ether oxygens (including phenoxy) is 1. The molecule has 0 amide bonds. The third-order valence-electron chi connectivity index (χ3n) is 3.72. The van der Waals surface area contributed by atoms with Gasteiger partial charge in [-0.05, 0) is 19.4 Å². The summed E-state index contributed by atoms with van der Waals surface area (Å²) in [4.78, 5) is 26.2. The number of likely N-dealkylation sites (tertiary alicyclic amines) is 1. The van der Waals surface area contributed by atoms with Crippen LogP contribution in [-0.4, -0.2) is 35.3 Å². The number of ketones is 1. The number of rotatable bonds is 5. The van der Waals surface area contributed by atoms with Gasteiger partial charge in [0.15, 0.2) is 5.78 Å². The van der Waals surface area contributed by atoms with Gasteiger partial charge in [0.25, 0.3) is 0 Å². The molecule has 1 aliphatic heterocycles. The monoisotopic (exact) mass is 289 g/mol. The Hall–Kier alpha value is -1.68. The van der Waals surface area contributed by atoms with Gasteiger partial charge in [-0.1, -0.05) is 37.3 Å². The van der Waals surface area contributed by atoms with E-state index in [1.165, 1.54) is 0 Å². The van der Waals surface area contributed by atoms with Crippen molar-refractivity contribution in [3.05, 3.63) is 35.9 Å². The van der Waals surface area contributed by atoms with Gasteiger partial charge in [-0.2, -0.15) is 0 Å². The Balaban J connectivity index is 2.04. The Morgan fingerprint density at radius 3 is 2.62 bits per heavy atom. The van der Waals surface area contributed by atoms with Crippen molar-refractivity contribution in [2.24, 2.45) is 5.92 Å². The number of carbonyl (C=O) groups is 2. The van der Waals surface area contributed by atoms with Gasteiger partial charge in [-0.3, -0.25) is 14.5 Å². The summed E-state index contributed by atoms with van der Waals surface area (Å²) in [6.07, 6.45) is 0.00257. The van der Waals surface area contributed by atoms with Crippen LogP contribution in [0, 0.1) is 5.92 Å². The van der Waals surface area contributed by atoms with Crippen LogP contribution in [0.4, 0.5) is 0 Å². The smallest absolute Gasteiger partial charge is 0.308 e. The predicted molar refractivity (Wildman–Crippen MR) is 80.7 cm³/mol. The largest absolute Gasteiger partial charge is 0.463 e. The second-order valence-corrected chi connectivity index (χ2v) is 5.98. The minimum absolute atomic E-state index is 0.0226. The van der Waals surface area contributed by atoms with E-state index in [0.717, 1.165) is 5.56 Å². The quantitative estimate of drug-likeness (QED) is 0.781. The number of hydrogen-bond acceptors (Lipinski definition) is 4. The van der Waals surface area contributed by atoms with Crippen LogP contribution in [0.3, 0.4) is 0 Å². The molecule has 4 nitrogen and oxygen atoms in total. The molecule has 4 heteroatoms. The molecule has 1 aliphatic rings. The number of hydrogen-bond donors (Lipinski definition) is 0. The van der Waals surface area contributed by atoms with Crippen molar-refractivity contribution in [2.45, 2.75) is 45.9 Å². The lowest BCUT2D eigenvalue weighted by atomic mass is 10.0. The first kappa shape index (κ1) is 15.7. The zero-order valence-corrected chi connectivity index (χ0v) is 12.9. The third-order valence-corrected chi connectivity index (χ3v) is 3.72. The summed E-state index contributed by atoms with van der Waals surface area (Å²) in [6.45, 7) is 6.95. The van der Waals surface area contributed by atoms with Gasteiger partial charge in [-0.25, -0.2) is 0 Å². The van der Waals surface area contributed by atoms with Gasteiger partial charge >= 0.3 is 5.97 Å². The highest BCUT2D eigenvalue weighted by atomic mass is 16.5. The summed E-state index contributed by atoms with van der Waals surface area (Å²) in [6, 6.07) is 9.66. The highest BCUT2D eigenvalue weighted by Crippen LogP contribution is 2.24. The lowest BCUT2D eigenvalue weighted by Gasteiger charge is -2.23. The summed E-state index contributed by atoms with van der Waals surface area (Å²) < 4.78 is 5.18. The molecule has 0 unspecified atom stereocenters. The highest BCUT2D eigenvalue weighted by molar-refractivity contribution is 5.91. The maximum atomic E-state index is 12.3. The average Bonchev–Trinajstić information content (AvgIpc) is 2.67. The van der Waals surface area contributed by atoms with Gasteiger partial charge in [0.1, 0.15) is 0 Å². The van der Waals surface area contributed by atoms with E-state index >= 15 is 0 Å². The zero-order chi connectivity index (χ0) is 15.4. The molecule has 0 radical (unpaired) electrons. The van der Waals surface area contributed by atoms with E-state index < -0.39 is 0 Å². The second-order valence-electron chi connectivity index (χ2n) is 5.98. The van der Waals surface area contributed by atoms with Crippen LogP contribution >= 0.6 is 0 Å². The fourth-order valence-corrected chi connectivity index (χ4v) is 2.77. The maximum Gasteiger partial charge on any atom is 0.308 e. The number of benzene rings is 1. The van der Waals surface area contributed by atoms with Gasteiger partial charge < -0.3 is 4.74 Å². The van der Waals surface area contributed by atoms with Crippen molar-refractivity contribution >= 4 is 11.8 Å². The normalized spacial score (nSPS) is 22.8. The number of carbonyl (C=O) groups excluding carboxylic acids is 2. The standard InChI is InChI=1S/C17H23NO3/c1-12(2)21-16(19)9-15-17(20)13(3)10-18(15)11-14-7-5-4-6-8-14/h4-8,12-13,15H,9-11H2,1-3H3/t13-,15+/m1/s1. The molecule has 21 heavy (non-hydrogen) atoms. The van der Waals surface area contributed by atoms with Crippen LogP contribution in [0.2, 0.25) is 0 Å². The van der Waals surface area contributed by atoms with Crippen molar-refractivity contribution in [2.75, 3.05) is 6.54 Å². The SMILES string of the molecule is CC(C)OC(=O)C[C@H]1C(=O)[C@H](C)CN1Cc1ccccc1. The van der Waals surface area contributed by atoms with Crippen molar-refractivity contribution in [3.8, 4) is 0 Å². The molecular formula is C17H23NO3. The van der Waals surface area contributed by atoms with Gasteiger partial charge in [0.2, 0.25) is 0 Å². The van der Waals surface area contributed by atoms with Crippen molar-refractivity contribution in [3.63, 3.8) is 0 Å². The van der Waals surface area contributed by atoms with E-state index in [1.54, 1.807) is 0 Å². The average molecular weight is 289 g/mol. The Morgan fingerprint density at radius 1 is 1.33 bits per heavy atom. The third kappa shape index (κ3) is 4.14. The molecule has 1 fully saturated rings. The van der Waals surface area contributed by atoms with Gasteiger partial charge in [0.05, 0.1) is 18.6 Å². The van der Waals surface area contributed by atoms with E-state index in [4.69, 9.17) is 4.74 Å². The summed E-state index contributed by atoms with van der Waals surface area (Å²) in [5, 5.41) is 0. The molecule has 1 saturated heterocycles. The lowest BCUT2D eigenvalue weighted by Crippen LogP contribution is -2.35. The molecule has 2 rings (SSSR count). The second kappa shape index (κ2) is 6.85. The fraction of sp³-hybridized carbons (Fsp3) is 0.529. The van der Waals surface area contributed by atoms with Gasteiger partial charge in [-0.15, -0.1) is 0 Å². The van der Waals surface area contributed by atoms with Crippen molar-refractivity contribution in [1.29, 1.82) is 0 Å². The van der Waals surface area contributed by atoms with E-state index in [2.05, 4.69) is 4.90 Å². The first-order chi connectivity index (χ1) is 9.97. The zero-order valence-electron chi connectivity index (χ0n) is 12.9. The predicted octanol–water partition coefficient (Wildman–Crippen LogP) is 2.42. The summed E-state index contributed by atoms with van der Waals surface area (Å²) >= 11 is 0. The molecular weight excluding hydrogens is 266 g/mol. The highest BCUT2D eigenvalue weighted by Gasteiger charge is 2.39. The van der Waals surface area contributed by atoms with Crippen LogP contribution in [0.15, 0.2) is 30.3 Å². The fourth-order valence-electron chi connectivity index (χ4n) is 2.77. The molecule has 114 valence electrons. The number of Topliss-reactive ketones (excluding diaryl/α,β-unsaturated/α-hetero) is 1. The molecule has 0 bridgehead atoms. The topological polar surface area (TPSA) is 46.6 Å². The Labute approximate surface area is 126 Å². The van der Waals surface area contributed by atoms with Crippen LogP contribution in [-0.2, 0) is 20.9 Å². The molecule has 0 N–H and O–H groups in total. The summed E-state index contributed by atoms with van der Waals surface area (Å²) in [5.41, 5.74) is 1.15. The first-order valence-electron chi connectivity index (χ1n) is 7.48. The number of nitrogens with zero attached hydrogens (tertiary/aromatic N) is 1.